The normalized spacial score (nSPS) is 11.9. The highest BCUT2D eigenvalue weighted by atomic mass is 16.5. The molecule has 2 N–H and O–H groups in total. The SMILES string of the molecule is CC(=O)Oc1c(O)c(C)cc(O)c1C(C)CCC=C(C)C. The Morgan fingerprint density at radius 2 is 1.95 bits per heavy atom. The minimum atomic E-state index is -0.520. The fourth-order valence-corrected chi connectivity index (χ4v) is 2.26. The van der Waals surface area contributed by atoms with Crippen LogP contribution < -0.4 is 4.74 Å². The summed E-state index contributed by atoms with van der Waals surface area (Å²) in [6.07, 6.45) is 3.76. The number of carbonyl (C=O) groups excluding carboxylic acids is 1. The van der Waals surface area contributed by atoms with E-state index in [-0.39, 0.29) is 23.2 Å². The van der Waals surface area contributed by atoms with Gasteiger partial charge in [0.15, 0.2) is 11.5 Å². The third-order valence-electron chi connectivity index (χ3n) is 3.35. The molecule has 0 fully saturated rings. The summed E-state index contributed by atoms with van der Waals surface area (Å²) in [6.45, 7) is 8.93. The van der Waals surface area contributed by atoms with Gasteiger partial charge in [-0.2, -0.15) is 0 Å². The molecule has 4 heteroatoms. The minimum Gasteiger partial charge on any atom is -0.508 e. The van der Waals surface area contributed by atoms with Gasteiger partial charge < -0.3 is 14.9 Å². The van der Waals surface area contributed by atoms with Gasteiger partial charge in [-0.1, -0.05) is 18.6 Å². The maximum Gasteiger partial charge on any atom is 0.308 e. The lowest BCUT2D eigenvalue weighted by Gasteiger charge is -2.19. The van der Waals surface area contributed by atoms with Crippen molar-refractivity contribution in [1.82, 2.24) is 0 Å². The Bertz CT molecular complexity index is 554. The molecule has 1 aromatic rings. The molecule has 0 amide bonds. The average molecular weight is 292 g/mol. The van der Waals surface area contributed by atoms with Gasteiger partial charge in [-0.3, -0.25) is 4.79 Å². The number of carbonyl (C=O) groups is 1. The Balaban J connectivity index is 3.17. The first-order valence-corrected chi connectivity index (χ1v) is 7.11. The molecule has 0 aliphatic carbocycles. The molecule has 0 radical (unpaired) electrons. The molecule has 1 rings (SSSR count). The lowest BCUT2D eigenvalue weighted by molar-refractivity contribution is -0.132. The third-order valence-corrected chi connectivity index (χ3v) is 3.35. The fraction of sp³-hybridized carbons (Fsp3) is 0.471. The molecule has 0 heterocycles. The highest BCUT2D eigenvalue weighted by Crippen LogP contribution is 2.44. The monoisotopic (exact) mass is 292 g/mol. The van der Waals surface area contributed by atoms with E-state index in [1.165, 1.54) is 18.6 Å². The summed E-state index contributed by atoms with van der Waals surface area (Å²) < 4.78 is 5.12. The summed E-state index contributed by atoms with van der Waals surface area (Å²) in [5, 5.41) is 20.3. The fourth-order valence-electron chi connectivity index (χ4n) is 2.26. The molecule has 21 heavy (non-hydrogen) atoms. The van der Waals surface area contributed by atoms with Crippen LogP contribution in [0.25, 0.3) is 0 Å². The highest BCUT2D eigenvalue weighted by molar-refractivity contribution is 5.72. The quantitative estimate of drug-likeness (QED) is 0.370. The van der Waals surface area contributed by atoms with Gasteiger partial charge in [0.05, 0.1) is 0 Å². The second-order valence-corrected chi connectivity index (χ2v) is 5.66. The Kier molecular flexibility index (Phi) is 5.82. The van der Waals surface area contributed by atoms with Crippen LogP contribution in [-0.2, 0) is 4.79 Å². The van der Waals surface area contributed by atoms with Gasteiger partial charge in [-0.25, -0.2) is 0 Å². The van der Waals surface area contributed by atoms with Gasteiger partial charge in [0.1, 0.15) is 5.75 Å². The van der Waals surface area contributed by atoms with Gasteiger partial charge in [0, 0.05) is 12.5 Å². The number of ether oxygens (including phenoxy) is 1. The second kappa shape index (κ2) is 7.16. The Morgan fingerprint density at radius 3 is 2.48 bits per heavy atom. The second-order valence-electron chi connectivity index (χ2n) is 5.66. The largest absolute Gasteiger partial charge is 0.508 e. The van der Waals surface area contributed by atoms with Gasteiger partial charge >= 0.3 is 5.97 Å². The summed E-state index contributed by atoms with van der Waals surface area (Å²) in [7, 11) is 0. The Labute approximate surface area is 126 Å². The molecule has 4 nitrogen and oxygen atoms in total. The molecule has 0 spiro atoms. The Morgan fingerprint density at radius 1 is 1.33 bits per heavy atom. The van der Waals surface area contributed by atoms with Crippen LogP contribution in [0.2, 0.25) is 0 Å². The van der Waals surface area contributed by atoms with Crippen molar-refractivity contribution in [3.63, 3.8) is 0 Å². The number of aryl methyl sites for hydroxylation is 1. The summed E-state index contributed by atoms with van der Waals surface area (Å²) >= 11 is 0. The molecule has 0 saturated heterocycles. The van der Waals surface area contributed by atoms with Crippen LogP contribution >= 0.6 is 0 Å². The van der Waals surface area contributed by atoms with Crippen molar-refractivity contribution in [3.8, 4) is 17.2 Å². The maximum absolute atomic E-state index is 11.2. The molecule has 1 aromatic carbocycles. The summed E-state index contributed by atoms with van der Waals surface area (Å²) in [5.74, 6) is -0.530. The van der Waals surface area contributed by atoms with Gasteiger partial charge in [0.2, 0.25) is 0 Å². The van der Waals surface area contributed by atoms with Crippen LogP contribution in [0.3, 0.4) is 0 Å². The first-order valence-electron chi connectivity index (χ1n) is 7.11. The molecular weight excluding hydrogens is 268 g/mol. The van der Waals surface area contributed by atoms with Crippen LogP contribution in [0.15, 0.2) is 17.7 Å². The number of aromatic hydroxyl groups is 2. The van der Waals surface area contributed by atoms with Crippen LogP contribution in [0.4, 0.5) is 0 Å². The average Bonchev–Trinajstić information content (AvgIpc) is 2.34. The zero-order chi connectivity index (χ0) is 16.2. The topological polar surface area (TPSA) is 66.8 Å². The van der Waals surface area contributed by atoms with E-state index in [0.717, 1.165) is 12.8 Å². The number of allylic oxidation sites excluding steroid dienone is 2. The molecule has 1 atom stereocenters. The van der Waals surface area contributed by atoms with E-state index in [4.69, 9.17) is 4.74 Å². The number of hydrogen-bond acceptors (Lipinski definition) is 4. The van der Waals surface area contributed by atoms with Crippen molar-refractivity contribution in [2.75, 3.05) is 0 Å². The Hall–Kier alpha value is -1.97. The number of phenolic OH excluding ortho intramolecular Hbond substituents is 2. The molecule has 1 unspecified atom stereocenters. The third kappa shape index (κ3) is 4.52. The molecule has 0 aromatic heterocycles. The molecule has 0 aliphatic heterocycles. The molecule has 0 aliphatic rings. The maximum atomic E-state index is 11.2. The van der Waals surface area contributed by atoms with E-state index in [0.29, 0.717) is 11.1 Å². The van der Waals surface area contributed by atoms with E-state index in [9.17, 15) is 15.0 Å². The predicted octanol–water partition coefficient (Wildman–Crippen LogP) is 4.18. The standard InChI is InChI=1S/C17H24O4/c1-10(2)7-6-8-11(3)15-14(19)9-12(4)16(20)17(15)21-13(5)18/h7,9,11,19-20H,6,8H2,1-5H3. The van der Waals surface area contributed by atoms with E-state index in [2.05, 4.69) is 6.08 Å². The predicted molar refractivity (Wildman–Crippen MR) is 82.9 cm³/mol. The lowest BCUT2D eigenvalue weighted by Crippen LogP contribution is -2.07. The molecule has 116 valence electrons. The summed E-state index contributed by atoms with van der Waals surface area (Å²) in [5.41, 5.74) is 2.19. The highest BCUT2D eigenvalue weighted by Gasteiger charge is 2.22. The minimum absolute atomic E-state index is 0.0403. The van der Waals surface area contributed by atoms with Crippen molar-refractivity contribution in [3.05, 3.63) is 28.8 Å². The van der Waals surface area contributed by atoms with E-state index in [1.807, 2.05) is 20.8 Å². The number of esters is 1. The van der Waals surface area contributed by atoms with E-state index >= 15 is 0 Å². The number of phenols is 2. The van der Waals surface area contributed by atoms with E-state index < -0.39 is 5.97 Å². The zero-order valence-electron chi connectivity index (χ0n) is 13.4. The van der Waals surface area contributed by atoms with Crippen LogP contribution in [0.1, 0.15) is 57.6 Å². The number of hydrogen-bond donors (Lipinski definition) is 2. The van der Waals surface area contributed by atoms with Gasteiger partial charge in [-0.15, -0.1) is 0 Å². The molecule has 0 bridgehead atoms. The van der Waals surface area contributed by atoms with Crippen molar-refractivity contribution in [2.24, 2.45) is 0 Å². The van der Waals surface area contributed by atoms with Crippen molar-refractivity contribution >= 4 is 5.97 Å². The van der Waals surface area contributed by atoms with Crippen LogP contribution in [-0.4, -0.2) is 16.2 Å². The first kappa shape index (κ1) is 17.1. The zero-order valence-corrected chi connectivity index (χ0v) is 13.4. The van der Waals surface area contributed by atoms with E-state index in [1.54, 1.807) is 6.92 Å². The summed E-state index contributed by atoms with van der Waals surface area (Å²) in [6, 6.07) is 1.50. The van der Waals surface area contributed by atoms with Crippen LogP contribution in [0.5, 0.6) is 17.2 Å². The van der Waals surface area contributed by atoms with Crippen molar-refractivity contribution < 1.29 is 19.7 Å². The van der Waals surface area contributed by atoms with Gasteiger partial charge in [0.25, 0.3) is 0 Å². The number of rotatable bonds is 5. The summed E-state index contributed by atoms with van der Waals surface area (Å²) in [4.78, 5) is 11.2. The first-order chi connectivity index (χ1) is 9.73. The van der Waals surface area contributed by atoms with Crippen molar-refractivity contribution in [1.29, 1.82) is 0 Å². The van der Waals surface area contributed by atoms with Crippen LogP contribution in [0, 0.1) is 6.92 Å². The number of benzene rings is 1. The molecule has 0 saturated carbocycles. The van der Waals surface area contributed by atoms with Gasteiger partial charge in [-0.05, 0) is 51.2 Å². The smallest absolute Gasteiger partial charge is 0.308 e. The lowest BCUT2D eigenvalue weighted by atomic mass is 9.92. The van der Waals surface area contributed by atoms with Crippen molar-refractivity contribution in [2.45, 2.75) is 53.4 Å². The molecular formula is C17H24O4.